The molecular weight excluding hydrogens is 1030 g/mol. The van der Waals surface area contributed by atoms with E-state index < -0.39 is 183 Å². The molecule has 14 N–H and O–H groups in total. The molecule has 78 heavy (non-hydrogen) atoms. The Labute approximate surface area is 456 Å². The summed E-state index contributed by atoms with van der Waals surface area (Å²) in [6, 6.07) is 0. The van der Waals surface area contributed by atoms with Gasteiger partial charge in [0.25, 0.3) is 0 Å². The second kappa shape index (κ2) is 23.5. The predicted octanol–water partition coefficient (Wildman–Crippen LogP) is -1.75. The number of rotatable bonds is 17. The van der Waals surface area contributed by atoms with E-state index in [9.17, 15) is 71.5 Å². The number of carbonyl (C=O) groups is 1. The Morgan fingerprint density at radius 1 is 0.641 bits per heavy atom. The SMILES string of the molecule is CC(CCC(OC1OC(COC2OC(CO)C(O)C(C)C2O)C(O)C(O)C1OC1OC(CO)C(O)C(O)C1O)C(C)(C)O)C1CCC2(C)C3CC=C4C(CCC(OC5OC(CO)C(O)C(O)C5O)C4(C)C)C3(C)C(=O)CC12C. The minimum absolute atomic E-state index is 0.00944. The van der Waals surface area contributed by atoms with Crippen LogP contribution in [0.5, 0.6) is 0 Å². The molecule has 4 aliphatic carbocycles. The third-order valence-electron chi connectivity index (χ3n) is 20.9. The van der Waals surface area contributed by atoms with Crippen LogP contribution in [-0.2, 0) is 42.7 Å². The molecule has 4 aliphatic heterocycles. The number of carbonyl (C=O) groups excluding carboxylic acids is 1. The highest BCUT2D eigenvalue weighted by molar-refractivity contribution is 5.88. The van der Waals surface area contributed by atoms with E-state index in [1.807, 2.05) is 0 Å². The first-order valence-electron chi connectivity index (χ1n) is 28.2. The van der Waals surface area contributed by atoms with Gasteiger partial charge in [0.15, 0.2) is 25.2 Å². The molecule has 0 aromatic rings. The molecule has 0 radical (unpaired) electrons. The molecule has 8 aliphatic rings. The first-order chi connectivity index (χ1) is 36.4. The number of hydrogen-bond donors (Lipinski definition) is 14. The minimum Gasteiger partial charge on any atom is -0.394 e. The molecular formula is C55H92O23. The van der Waals surface area contributed by atoms with Crippen molar-refractivity contribution in [1.29, 1.82) is 0 Å². The van der Waals surface area contributed by atoms with Crippen LogP contribution < -0.4 is 0 Å². The Balaban J connectivity index is 0.988. The standard InChI is InChI=1S/C55H92O23/c1-23(25-16-17-53(7)32-13-11-26-27(55(32,9)33(59)18-54(25,53)8)12-15-34(51(26,3)4)76-48-44(68)41(65)38(62)29(20-57)73-48)10-14-35(52(5,6)70)77-50-46(78-49-45(69)42(66)39(63)30(21-58)74-49)43(67)40(64)31(75-50)22-71-47-37(61)24(2)36(60)28(19-56)72-47/h11,23-25,27-32,34-50,56-58,60-70H,10,12-22H2,1-9H3. The molecule has 4 saturated heterocycles. The Morgan fingerprint density at radius 3 is 1.76 bits per heavy atom. The smallest absolute Gasteiger partial charge is 0.187 e. The van der Waals surface area contributed by atoms with Gasteiger partial charge in [0.2, 0.25) is 0 Å². The van der Waals surface area contributed by atoms with Gasteiger partial charge in [-0.3, -0.25) is 4.79 Å². The fourth-order valence-corrected chi connectivity index (χ4v) is 15.5. The highest BCUT2D eigenvalue weighted by atomic mass is 16.8. The molecule has 0 aromatic heterocycles. The quantitative estimate of drug-likeness (QED) is 0.0718. The summed E-state index contributed by atoms with van der Waals surface area (Å²) in [5.41, 5.74) is -2.46. The lowest BCUT2D eigenvalue weighted by atomic mass is 9.38. The number of Topliss-reactive ketones (excluding diaryl/α,β-unsaturated/α-hetero) is 1. The van der Waals surface area contributed by atoms with Gasteiger partial charge >= 0.3 is 0 Å². The Kier molecular flexibility index (Phi) is 18.9. The molecule has 29 unspecified atom stereocenters. The molecule has 8 rings (SSSR count). The van der Waals surface area contributed by atoms with Crippen LogP contribution in [0.2, 0.25) is 0 Å². The fourth-order valence-electron chi connectivity index (χ4n) is 15.5. The fraction of sp³-hybridized carbons (Fsp3) is 0.945. The summed E-state index contributed by atoms with van der Waals surface area (Å²) in [7, 11) is 0. The molecule has 7 fully saturated rings. The lowest BCUT2D eigenvalue weighted by Gasteiger charge is -2.65. The summed E-state index contributed by atoms with van der Waals surface area (Å²) in [5.74, 6) is -0.606. The molecule has 23 heteroatoms. The van der Waals surface area contributed by atoms with Gasteiger partial charge in [0.1, 0.15) is 91.2 Å². The lowest BCUT2D eigenvalue weighted by molar-refractivity contribution is -0.380. The van der Waals surface area contributed by atoms with E-state index in [2.05, 4.69) is 47.6 Å². The number of ketones is 1. The molecule has 3 saturated carbocycles. The molecule has 0 aromatic carbocycles. The third kappa shape index (κ3) is 10.9. The van der Waals surface area contributed by atoms with Crippen LogP contribution in [0.25, 0.3) is 0 Å². The highest BCUT2D eigenvalue weighted by Gasteiger charge is 2.71. The van der Waals surface area contributed by atoms with Gasteiger partial charge in [0, 0.05) is 23.2 Å². The number of aliphatic hydroxyl groups excluding tert-OH is 13. The average molecular weight is 1120 g/mol. The molecule has 0 amide bonds. The van der Waals surface area contributed by atoms with Gasteiger partial charge < -0.3 is 109 Å². The van der Waals surface area contributed by atoms with Crippen molar-refractivity contribution in [3.8, 4) is 0 Å². The molecule has 0 spiro atoms. The summed E-state index contributed by atoms with van der Waals surface area (Å²) in [6.07, 6.45) is -23.9. The predicted molar refractivity (Wildman–Crippen MR) is 270 cm³/mol. The number of hydrogen-bond acceptors (Lipinski definition) is 23. The van der Waals surface area contributed by atoms with Gasteiger partial charge in [-0.25, -0.2) is 0 Å². The third-order valence-corrected chi connectivity index (χ3v) is 20.9. The van der Waals surface area contributed by atoms with Crippen LogP contribution >= 0.6 is 0 Å². The zero-order valence-corrected chi connectivity index (χ0v) is 46.5. The Hall–Kier alpha value is -1.47. The van der Waals surface area contributed by atoms with E-state index in [1.165, 1.54) is 13.8 Å². The Bertz CT molecular complexity index is 2070. The summed E-state index contributed by atoms with van der Waals surface area (Å²) in [4.78, 5) is 15.2. The van der Waals surface area contributed by atoms with Crippen LogP contribution in [0.1, 0.15) is 114 Å². The number of fused-ring (bicyclic) bond motifs is 5. The van der Waals surface area contributed by atoms with E-state index >= 15 is 4.79 Å². The van der Waals surface area contributed by atoms with Crippen molar-refractivity contribution in [1.82, 2.24) is 0 Å². The van der Waals surface area contributed by atoms with Crippen molar-refractivity contribution in [3.63, 3.8) is 0 Å². The maximum Gasteiger partial charge on any atom is 0.187 e. The van der Waals surface area contributed by atoms with Crippen molar-refractivity contribution in [3.05, 3.63) is 11.6 Å². The number of allylic oxidation sites excluding steroid dienone is 1. The lowest BCUT2D eigenvalue weighted by Crippen LogP contribution is -2.65. The summed E-state index contributed by atoms with van der Waals surface area (Å²) < 4.78 is 48.1. The molecule has 4 heterocycles. The van der Waals surface area contributed by atoms with Crippen molar-refractivity contribution in [2.24, 2.45) is 51.2 Å². The monoisotopic (exact) mass is 1120 g/mol. The average Bonchev–Trinajstić information content (AvgIpc) is 3.21. The molecule has 0 bridgehead atoms. The van der Waals surface area contributed by atoms with Gasteiger partial charge in [0.05, 0.1) is 50.3 Å². The number of aliphatic hydroxyl groups is 14. The van der Waals surface area contributed by atoms with E-state index in [-0.39, 0.29) is 41.3 Å². The summed E-state index contributed by atoms with van der Waals surface area (Å²) in [6.45, 7) is 15.1. The largest absolute Gasteiger partial charge is 0.394 e. The first-order valence-corrected chi connectivity index (χ1v) is 28.2. The molecule has 29 atom stereocenters. The zero-order valence-electron chi connectivity index (χ0n) is 46.5. The van der Waals surface area contributed by atoms with Crippen LogP contribution in [0.15, 0.2) is 11.6 Å². The van der Waals surface area contributed by atoms with Gasteiger partial charge in [-0.1, -0.05) is 60.1 Å². The number of ether oxygens (including phenoxy) is 8. The Morgan fingerprint density at radius 2 is 1.18 bits per heavy atom. The van der Waals surface area contributed by atoms with Crippen LogP contribution in [0.4, 0.5) is 0 Å². The van der Waals surface area contributed by atoms with Gasteiger partial charge in [-0.2, -0.15) is 0 Å². The second-order valence-corrected chi connectivity index (χ2v) is 26.0. The van der Waals surface area contributed by atoms with E-state index in [0.717, 1.165) is 18.4 Å². The molecule has 23 nitrogen and oxygen atoms in total. The van der Waals surface area contributed by atoms with Crippen LogP contribution in [-0.4, -0.2) is 238 Å². The van der Waals surface area contributed by atoms with E-state index in [4.69, 9.17) is 37.9 Å². The van der Waals surface area contributed by atoms with E-state index in [1.54, 1.807) is 6.92 Å². The van der Waals surface area contributed by atoms with Gasteiger partial charge in [-0.05, 0) is 93.3 Å². The van der Waals surface area contributed by atoms with Crippen molar-refractivity contribution < 1.29 is 114 Å². The minimum atomic E-state index is -1.91. The first kappa shape index (κ1) is 62.6. The van der Waals surface area contributed by atoms with Crippen molar-refractivity contribution in [2.75, 3.05) is 26.4 Å². The molecule has 450 valence electrons. The van der Waals surface area contributed by atoms with Crippen LogP contribution in [0.3, 0.4) is 0 Å². The topological polar surface area (TPSA) is 374 Å². The van der Waals surface area contributed by atoms with Gasteiger partial charge in [-0.15, -0.1) is 0 Å². The maximum absolute atomic E-state index is 15.2. The van der Waals surface area contributed by atoms with Crippen molar-refractivity contribution >= 4 is 5.78 Å². The zero-order chi connectivity index (χ0) is 57.5. The summed E-state index contributed by atoms with van der Waals surface area (Å²) in [5, 5.41) is 150. The van der Waals surface area contributed by atoms with Crippen molar-refractivity contribution in [2.45, 2.75) is 248 Å². The second-order valence-electron chi connectivity index (χ2n) is 26.0. The van der Waals surface area contributed by atoms with E-state index in [0.29, 0.717) is 32.1 Å². The van der Waals surface area contributed by atoms with Crippen LogP contribution in [0, 0.1) is 51.2 Å². The normalized spacial score (nSPS) is 50.5. The maximum atomic E-state index is 15.2. The highest BCUT2D eigenvalue weighted by Crippen LogP contribution is 2.74. The summed E-state index contributed by atoms with van der Waals surface area (Å²) >= 11 is 0.